The third-order valence-electron chi connectivity index (χ3n) is 6.01. The van der Waals surface area contributed by atoms with Crippen LogP contribution in [0.3, 0.4) is 0 Å². The van der Waals surface area contributed by atoms with E-state index in [1.54, 1.807) is 48.5 Å². The molecule has 1 fully saturated rings. The first-order chi connectivity index (χ1) is 17.5. The number of rotatable bonds is 10. The lowest BCUT2D eigenvalue weighted by atomic mass is 9.95. The summed E-state index contributed by atoms with van der Waals surface area (Å²) in [6.45, 7) is 6.57. The van der Waals surface area contributed by atoms with Crippen molar-refractivity contribution in [2.75, 3.05) is 19.8 Å². The number of ether oxygens (including phenoxy) is 2. The van der Waals surface area contributed by atoms with E-state index in [2.05, 4.69) is 6.58 Å². The summed E-state index contributed by atoms with van der Waals surface area (Å²) in [5.74, 6) is -0.529. The monoisotopic (exact) mass is 483 g/mol. The fourth-order valence-corrected chi connectivity index (χ4v) is 4.33. The fraction of sp³-hybridized carbons (Fsp3) is 0.200. The molecule has 1 N–H and O–H groups in total. The Bertz CT molecular complexity index is 1270. The standard InChI is InChI=1S/C30H29NO5/c1-3-19-36-24-16-15-23(20-25(24)35-4-2)27-26(28(32)22-13-9-6-10-14-22)29(33)30(34)31(27)18-17-21-11-7-5-8-12-21/h3,5-16,20,27,32H,1,4,17-19H2,2H3. The van der Waals surface area contributed by atoms with Crippen LogP contribution in [-0.2, 0) is 16.0 Å². The number of ketones is 1. The fourth-order valence-electron chi connectivity index (χ4n) is 4.33. The number of carbonyl (C=O) groups excluding carboxylic acids is 2. The van der Waals surface area contributed by atoms with Crippen LogP contribution in [0.15, 0.2) is 97.1 Å². The van der Waals surface area contributed by atoms with Gasteiger partial charge in [-0.2, -0.15) is 0 Å². The van der Waals surface area contributed by atoms with Crippen LogP contribution in [0.25, 0.3) is 5.76 Å². The Balaban J connectivity index is 1.81. The van der Waals surface area contributed by atoms with Gasteiger partial charge in [0.1, 0.15) is 12.4 Å². The molecule has 1 saturated heterocycles. The van der Waals surface area contributed by atoms with Gasteiger partial charge in [-0.25, -0.2) is 0 Å². The van der Waals surface area contributed by atoms with E-state index in [9.17, 15) is 14.7 Å². The number of benzene rings is 3. The third-order valence-corrected chi connectivity index (χ3v) is 6.01. The number of hydrogen-bond donors (Lipinski definition) is 1. The molecule has 1 aliphatic rings. The highest BCUT2D eigenvalue weighted by Crippen LogP contribution is 2.42. The largest absolute Gasteiger partial charge is 0.507 e. The normalized spacial score (nSPS) is 16.7. The van der Waals surface area contributed by atoms with Crippen molar-refractivity contribution in [1.29, 1.82) is 0 Å². The third kappa shape index (κ3) is 5.18. The topological polar surface area (TPSA) is 76.1 Å². The Labute approximate surface area is 211 Å². The molecule has 36 heavy (non-hydrogen) atoms. The van der Waals surface area contributed by atoms with Crippen molar-refractivity contribution in [2.24, 2.45) is 0 Å². The van der Waals surface area contributed by atoms with Gasteiger partial charge in [-0.15, -0.1) is 0 Å². The van der Waals surface area contributed by atoms with Gasteiger partial charge in [-0.1, -0.05) is 79.4 Å². The zero-order valence-corrected chi connectivity index (χ0v) is 20.2. The molecule has 1 aliphatic heterocycles. The van der Waals surface area contributed by atoms with Gasteiger partial charge in [0.25, 0.3) is 11.7 Å². The summed E-state index contributed by atoms with van der Waals surface area (Å²) >= 11 is 0. The second kappa shape index (κ2) is 11.4. The van der Waals surface area contributed by atoms with Crippen LogP contribution in [0, 0.1) is 0 Å². The Morgan fingerprint density at radius 1 is 0.972 bits per heavy atom. The van der Waals surface area contributed by atoms with Crippen molar-refractivity contribution >= 4 is 17.4 Å². The summed E-state index contributed by atoms with van der Waals surface area (Å²) in [7, 11) is 0. The van der Waals surface area contributed by atoms with Crippen molar-refractivity contribution < 1.29 is 24.2 Å². The van der Waals surface area contributed by atoms with Gasteiger partial charge in [0.15, 0.2) is 11.5 Å². The molecule has 6 heteroatoms. The number of nitrogens with zero attached hydrogens (tertiary/aromatic N) is 1. The molecule has 184 valence electrons. The molecule has 4 rings (SSSR count). The highest BCUT2D eigenvalue weighted by atomic mass is 16.5. The van der Waals surface area contributed by atoms with Crippen molar-refractivity contribution in [3.63, 3.8) is 0 Å². The molecule has 6 nitrogen and oxygen atoms in total. The van der Waals surface area contributed by atoms with Crippen LogP contribution in [0.2, 0.25) is 0 Å². The molecule has 0 aliphatic carbocycles. The minimum atomic E-state index is -0.776. The number of aliphatic hydroxyl groups excluding tert-OH is 1. The SMILES string of the molecule is C=CCOc1ccc(C2C(=C(O)c3ccccc3)C(=O)C(=O)N2CCc2ccccc2)cc1OCC. The summed E-state index contributed by atoms with van der Waals surface area (Å²) in [6, 6.07) is 23.1. The second-order valence-electron chi connectivity index (χ2n) is 8.33. The van der Waals surface area contributed by atoms with Gasteiger partial charge < -0.3 is 19.5 Å². The predicted molar refractivity (Wildman–Crippen MR) is 139 cm³/mol. The van der Waals surface area contributed by atoms with E-state index >= 15 is 0 Å². The first-order valence-corrected chi connectivity index (χ1v) is 11.9. The van der Waals surface area contributed by atoms with E-state index in [1.165, 1.54) is 4.90 Å². The molecule has 0 spiro atoms. The van der Waals surface area contributed by atoms with Gasteiger partial charge in [0, 0.05) is 12.1 Å². The lowest BCUT2D eigenvalue weighted by Crippen LogP contribution is -2.31. The second-order valence-corrected chi connectivity index (χ2v) is 8.33. The van der Waals surface area contributed by atoms with Crippen molar-refractivity contribution in [3.8, 4) is 11.5 Å². The molecule has 1 unspecified atom stereocenters. The lowest BCUT2D eigenvalue weighted by Gasteiger charge is -2.26. The molecular weight excluding hydrogens is 454 g/mol. The smallest absolute Gasteiger partial charge is 0.295 e. The highest BCUT2D eigenvalue weighted by Gasteiger charge is 2.46. The predicted octanol–water partition coefficient (Wildman–Crippen LogP) is 5.31. The van der Waals surface area contributed by atoms with Gasteiger partial charge in [-0.05, 0) is 36.6 Å². The number of amides is 1. The Kier molecular flexibility index (Phi) is 7.85. The van der Waals surface area contributed by atoms with Crippen molar-refractivity contribution in [1.82, 2.24) is 4.90 Å². The van der Waals surface area contributed by atoms with Crippen LogP contribution < -0.4 is 9.47 Å². The lowest BCUT2D eigenvalue weighted by molar-refractivity contribution is -0.139. The maximum absolute atomic E-state index is 13.3. The number of hydrogen-bond acceptors (Lipinski definition) is 5. The Hall–Kier alpha value is -4.32. The van der Waals surface area contributed by atoms with Gasteiger partial charge in [0.2, 0.25) is 0 Å². The summed E-state index contributed by atoms with van der Waals surface area (Å²) in [5, 5.41) is 11.2. The molecule has 3 aromatic rings. The molecule has 0 aromatic heterocycles. The molecule has 1 heterocycles. The molecule has 0 saturated carbocycles. The van der Waals surface area contributed by atoms with Gasteiger partial charge in [0.05, 0.1) is 18.2 Å². The van der Waals surface area contributed by atoms with Gasteiger partial charge >= 0.3 is 0 Å². The van der Waals surface area contributed by atoms with E-state index in [1.807, 2.05) is 43.3 Å². The van der Waals surface area contributed by atoms with E-state index < -0.39 is 17.7 Å². The van der Waals surface area contributed by atoms with E-state index in [0.29, 0.717) is 48.8 Å². The zero-order valence-electron chi connectivity index (χ0n) is 20.2. The Morgan fingerprint density at radius 3 is 2.33 bits per heavy atom. The van der Waals surface area contributed by atoms with Crippen LogP contribution in [-0.4, -0.2) is 41.5 Å². The summed E-state index contributed by atoms with van der Waals surface area (Å²) in [4.78, 5) is 28.0. The Morgan fingerprint density at radius 2 is 1.67 bits per heavy atom. The number of likely N-dealkylation sites (tertiary alicyclic amines) is 1. The van der Waals surface area contributed by atoms with Crippen molar-refractivity contribution in [2.45, 2.75) is 19.4 Å². The van der Waals surface area contributed by atoms with E-state index in [0.717, 1.165) is 5.56 Å². The minimum absolute atomic E-state index is 0.0569. The molecule has 0 bridgehead atoms. The zero-order chi connectivity index (χ0) is 25.5. The quantitative estimate of drug-likeness (QED) is 0.183. The summed E-state index contributed by atoms with van der Waals surface area (Å²) in [6.07, 6.45) is 2.20. The van der Waals surface area contributed by atoms with Crippen LogP contribution >= 0.6 is 0 Å². The molecular formula is C30H29NO5. The maximum atomic E-state index is 13.3. The molecule has 1 atom stereocenters. The van der Waals surface area contributed by atoms with E-state index in [-0.39, 0.29) is 11.3 Å². The number of Topliss-reactive ketones (excluding diaryl/α,β-unsaturated/α-hetero) is 1. The summed E-state index contributed by atoms with van der Waals surface area (Å²) < 4.78 is 11.5. The van der Waals surface area contributed by atoms with Crippen LogP contribution in [0.1, 0.15) is 29.7 Å². The first-order valence-electron chi connectivity index (χ1n) is 11.9. The van der Waals surface area contributed by atoms with Crippen LogP contribution in [0.5, 0.6) is 11.5 Å². The maximum Gasteiger partial charge on any atom is 0.295 e. The highest BCUT2D eigenvalue weighted by molar-refractivity contribution is 6.46. The first kappa shape index (κ1) is 24.8. The van der Waals surface area contributed by atoms with E-state index in [4.69, 9.17) is 9.47 Å². The molecule has 3 aromatic carbocycles. The van der Waals surface area contributed by atoms with Crippen LogP contribution in [0.4, 0.5) is 0 Å². The summed E-state index contributed by atoms with van der Waals surface area (Å²) in [5.41, 5.74) is 2.22. The van der Waals surface area contributed by atoms with Crippen molar-refractivity contribution in [3.05, 3.63) is 114 Å². The average Bonchev–Trinajstić information content (AvgIpc) is 3.17. The molecule has 1 amide bonds. The number of aliphatic hydroxyl groups is 1. The number of carbonyl (C=O) groups is 2. The van der Waals surface area contributed by atoms with Gasteiger partial charge in [-0.3, -0.25) is 9.59 Å². The average molecular weight is 484 g/mol. The molecule has 0 radical (unpaired) electrons. The minimum Gasteiger partial charge on any atom is -0.507 e.